The van der Waals surface area contributed by atoms with Crippen molar-refractivity contribution in [3.8, 4) is 22.9 Å². The van der Waals surface area contributed by atoms with Crippen LogP contribution in [0.5, 0.6) is 5.75 Å². The molecule has 0 bridgehead atoms. The molecule has 0 spiro atoms. The van der Waals surface area contributed by atoms with E-state index in [0.29, 0.717) is 11.3 Å². The van der Waals surface area contributed by atoms with Crippen molar-refractivity contribution in [2.75, 3.05) is 0 Å². The molecule has 2 N–H and O–H groups in total. The Labute approximate surface area is 104 Å². The molecule has 2 rings (SSSR count). The predicted octanol–water partition coefficient (Wildman–Crippen LogP) is 2.68. The first-order chi connectivity index (χ1) is 8.70. The van der Waals surface area contributed by atoms with Gasteiger partial charge in [-0.15, -0.1) is 0 Å². The van der Waals surface area contributed by atoms with Gasteiger partial charge in [0.2, 0.25) is 0 Å². The molecule has 0 aliphatic rings. The van der Waals surface area contributed by atoms with Crippen molar-refractivity contribution in [2.24, 2.45) is 5.73 Å². The summed E-state index contributed by atoms with van der Waals surface area (Å²) in [4.78, 5) is 10.8. The molecule has 88 valence electrons. The Bertz CT molecular complexity index is 612. The zero-order chi connectivity index (χ0) is 13.0. The first-order valence-corrected chi connectivity index (χ1v) is 5.27. The topological polar surface area (TPSA) is 76.1 Å². The number of rotatable bonds is 2. The molecule has 2 aromatic rings. The molecule has 0 radical (unpaired) electrons. The van der Waals surface area contributed by atoms with Crippen LogP contribution in [0.1, 0.15) is 5.56 Å². The van der Waals surface area contributed by atoms with Crippen LogP contribution in [0.2, 0.25) is 0 Å². The summed E-state index contributed by atoms with van der Waals surface area (Å²) in [5.74, 6) is 0.398. The van der Waals surface area contributed by atoms with Crippen LogP contribution >= 0.6 is 0 Å². The predicted molar refractivity (Wildman–Crippen MR) is 66.8 cm³/mol. The lowest BCUT2D eigenvalue weighted by Gasteiger charge is -2.08. The van der Waals surface area contributed by atoms with Crippen molar-refractivity contribution in [2.45, 2.75) is 0 Å². The average Bonchev–Trinajstić information content (AvgIpc) is 2.39. The molecule has 4 nitrogen and oxygen atoms in total. The van der Waals surface area contributed by atoms with E-state index in [1.165, 1.54) is 0 Å². The highest BCUT2D eigenvalue weighted by Crippen LogP contribution is 2.29. The Morgan fingerprint density at radius 2 is 1.78 bits per heavy atom. The van der Waals surface area contributed by atoms with Crippen LogP contribution in [-0.2, 0) is 0 Å². The largest absolute Gasteiger partial charge is 0.410 e. The Balaban J connectivity index is 2.43. The highest BCUT2D eigenvalue weighted by atomic mass is 16.5. The molecule has 0 atom stereocenters. The van der Waals surface area contributed by atoms with Crippen LogP contribution < -0.4 is 10.5 Å². The van der Waals surface area contributed by atoms with E-state index in [4.69, 9.17) is 15.7 Å². The maximum Gasteiger partial charge on any atom is 0.409 e. The number of carbonyl (C=O) groups excluding carboxylic acids is 1. The molecule has 0 heterocycles. The quantitative estimate of drug-likeness (QED) is 0.873. The van der Waals surface area contributed by atoms with E-state index in [9.17, 15) is 4.79 Å². The van der Waals surface area contributed by atoms with Crippen molar-refractivity contribution in [3.63, 3.8) is 0 Å². The molecule has 4 heteroatoms. The van der Waals surface area contributed by atoms with E-state index in [-0.39, 0.29) is 0 Å². The van der Waals surface area contributed by atoms with Crippen molar-refractivity contribution in [1.29, 1.82) is 5.26 Å². The summed E-state index contributed by atoms with van der Waals surface area (Å²) in [5, 5.41) is 8.74. The van der Waals surface area contributed by atoms with Crippen LogP contribution in [-0.4, -0.2) is 6.09 Å². The van der Waals surface area contributed by atoms with E-state index < -0.39 is 6.09 Å². The molecule has 0 saturated carbocycles. The smallest absolute Gasteiger partial charge is 0.409 e. The minimum atomic E-state index is -0.851. The maximum atomic E-state index is 10.8. The molecule has 0 unspecified atom stereocenters. The number of nitrogens with two attached hydrogens (primary N) is 1. The first-order valence-electron chi connectivity index (χ1n) is 5.27. The van der Waals surface area contributed by atoms with Gasteiger partial charge in [-0.1, -0.05) is 30.3 Å². The number of hydrogen-bond donors (Lipinski definition) is 1. The van der Waals surface area contributed by atoms with Gasteiger partial charge in [0.15, 0.2) is 0 Å². The van der Waals surface area contributed by atoms with Gasteiger partial charge in [-0.25, -0.2) is 4.79 Å². The maximum absolute atomic E-state index is 10.8. The summed E-state index contributed by atoms with van der Waals surface area (Å²) >= 11 is 0. The van der Waals surface area contributed by atoms with Crippen LogP contribution in [0.25, 0.3) is 11.1 Å². The highest BCUT2D eigenvalue weighted by molar-refractivity contribution is 5.76. The van der Waals surface area contributed by atoms with Gasteiger partial charge in [-0.05, 0) is 23.8 Å². The number of benzene rings is 2. The molecule has 0 aromatic heterocycles. The number of ether oxygens (including phenoxy) is 1. The van der Waals surface area contributed by atoms with E-state index in [0.717, 1.165) is 11.1 Å². The minimum Gasteiger partial charge on any atom is -0.410 e. The number of nitrogens with zero attached hydrogens (tertiary/aromatic N) is 1. The molecule has 1 amide bonds. The average molecular weight is 238 g/mol. The molecular formula is C14H10N2O2. The van der Waals surface area contributed by atoms with Crippen molar-refractivity contribution in [3.05, 3.63) is 54.1 Å². The fraction of sp³-hybridized carbons (Fsp3) is 0. The van der Waals surface area contributed by atoms with Crippen LogP contribution in [0.15, 0.2) is 48.5 Å². The minimum absolute atomic E-state index is 0.398. The van der Waals surface area contributed by atoms with Gasteiger partial charge in [-0.3, -0.25) is 0 Å². The summed E-state index contributed by atoms with van der Waals surface area (Å²) < 4.78 is 4.93. The van der Waals surface area contributed by atoms with E-state index in [2.05, 4.69) is 0 Å². The first kappa shape index (κ1) is 11.7. The van der Waals surface area contributed by atoms with E-state index in [1.54, 1.807) is 36.4 Å². The molecule has 0 fully saturated rings. The van der Waals surface area contributed by atoms with Gasteiger partial charge in [0.25, 0.3) is 0 Å². The van der Waals surface area contributed by atoms with Gasteiger partial charge in [0, 0.05) is 5.56 Å². The standard InChI is InChI=1S/C14H10N2O2/c15-9-10-5-7-11(8-6-10)12-3-1-2-4-13(12)18-14(16)17/h1-8H,(H2,16,17). The molecule has 2 aromatic carbocycles. The monoisotopic (exact) mass is 238 g/mol. The summed E-state index contributed by atoms with van der Waals surface area (Å²) in [5.41, 5.74) is 7.19. The molecule has 18 heavy (non-hydrogen) atoms. The summed E-state index contributed by atoms with van der Waals surface area (Å²) in [6.45, 7) is 0. The highest BCUT2D eigenvalue weighted by Gasteiger charge is 2.07. The third kappa shape index (κ3) is 2.47. The second kappa shape index (κ2) is 5.02. The molecular weight excluding hydrogens is 228 g/mol. The number of amides is 1. The number of para-hydroxylation sites is 1. The summed E-state index contributed by atoms with van der Waals surface area (Å²) in [6.07, 6.45) is -0.851. The van der Waals surface area contributed by atoms with Crippen LogP contribution in [0, 0.1) is 11.3 Å². The lowest BCUT2D eigenvalue weighted by molar-refractivity contribution is 0.211. The van der Waals surface area contributed by atoms with Gasteiger partial charge in [0.1, 0.15) is 5.75 Å². The number of hydrogen-bond acceptors (Lipinski definition) is 3. The van der Waals surface area contributed by atoms with Gasteiger partial charge < -0.3 is 10.5 Å². The lowest BCUT2D eigenvalue weighted by atomic mass is 10.0. The molecule has 0 aliphatic carbocycles. The van der Waals surface area contributed by atoms with Crippen molar-refractivity contribution >= 4 is 6.09 Å². The molecule has 0 saturated heterocycles. The summed E-state index contributed by atoms with van der Waals surface area (Å²) in [7, 11) is 0. The fourth-order valence-electron chi connectivity index (χ4n) is 1.63. The van der Waals surface area contributed by atoms with E-state index >= 15 is 0 Å². The van der Waals surface area contributed by atoms with Crippen LogP contribution in [0.4, 0.5) is 4.79 Å². The summed E-state index contributed by atoms with van der Waals surface area (Å²) in [6, 6.07) is 16.1. The van der Waals surface area contributed by atoms with Crippen molar-refractivity contribution in [1.82, 2.24) is 0 Å². The van der Waals surface area contributed by atoms with Crippen molar-refractivity contribution < 1.29 is 9.53 Å². The second-order valence-electron chi connectivity index (χ2n) is 3.61. The zero-order valence-electron chi connectivity index (χ0n) is 9.46. The lowest BCUT2D eigenvalue weighted by Crippen LogP contribution is -2.16. The Hall–Kier alpha value is -2.80. The number of carbonyl (C=O) groups is 1. The zero-order valence-corrected chi connectivity index (χ0v) is 9.46. The third-order valence-corrected chi connectivity index (χ3v) is 2.42. The third-order valence-electron chi connectivity index (χ3n) is 2.42. The SMILES string of the molecule is N#Cc1ccc(-c2ccccc2OC(N)=O)cc1. The van der Waals surface area contributed by atoms with E-state index in [1.807, 2.05) is 18.2 Å². The number of nitriles is 1. The Morgan fingerprint density at radius 3 is 2.39 bits per heavy atom. The van der Waals surface area contributed by atoms with Gasteiger partial charge >= 0.3 is 6.09 Å². The Kier molecular flexibility index (Phi) is 3.26. The molecule has 0 aliphatic heterocycles. The number of primary amides is 1. The van der Waals surface area contributed by atoms with Crippen LogP contribution in [0.3, 0.4) is 0 Å². The Morgan fingerprint density at radius 1 is 1.11 bits per heavy atom. The normalized spacial score (nSPS) is 9.50. The van der Waals surface area contributed by atoms with Gasteiger partial charge in [-0.2, -0.15) is 5.26 Å². The van der Waals surface area contributed by atoms with Gasteiger partial charge in [0.05, 0.1) is 11.6 Å². The fourth-order valence-corrected chi connectivity index (χ4v) is 1.63. The second-order valence-corrected chi connectivity index (χ2v) is 3.61.